The molecule has 6 nitrogen and oxygen atoms in total. The second kappa shape index (κ2) is 4.21. The zero-order valence-corrected chi connectivity index (χ0v) is 10.0. The molecule has 8 heteroatoms. The van der Waals surface area contributed by atoms with Crippen molar-refractivity contribution in [2.45, 2.75) is 11.7 Å². The zero-order chi connectivity index (χ0) is 13.5. The van der Waals surface area contributed by atoms with Crippen LogP contribution in [0.5, 0.6) is 5.75 Å². The number of hydrogen-bond acceptors (Lipinski definition) is 4. The molecule has 1 aromatic carbocycles. The van der Waals surface area contributed by atoms with Crippen LogP contribution < -0.4 is 10.0 Å². The van der Waals surface area contributed by atoms with E-state index in [0.717, 1.165) is 17.0 Å². The first-order chi connectivity index (χ1) is 8.29. The van der Waals surface area contributed by atoms with Gasteiger partial charge in [-0.25, -0.2) is 17.9 Å². The molecule has 1 aromatic rings. The number of phenolic OH excluding ortho intramolecular Hbond substituents is 1. The lowest BCUT2D eigenvalue weighted by Gasteiger charge is -2.17. The van der Waals surface area contributed by atoms with Gasteiger partial charge in [0.1, 0.15) is 16.8 Å². The van der Waals surface area contributed by atoms with E-state index in [9.17, 15) is 22.7 Å². The summed E-state index contributed by atoms with van der Waals surface area (Å²) in [5, 5.41) is 13.5. The van der Waals surface area contributed by atoms with Crippen LogP contribution in [0.4, 0.5) is 10.1 Å². The van der Waals surface area contributed by atoms with E-state index in [0.29, 0.717) is 0 Å². The summed E-state index contributed by atoms with van der Waals surface area (Å²) in [5.74, 6) is -1.54. The summed E-state index contributed by atoms with van der Waals surface area (Å²) >= 11 is 0. The van der Waals surface area contributed by atoms with Crippen molar-refractivity contribution in [1.29, 1.82) is 0 Å². The van der Waals surface area contributed by atoms with Crippen molar-refractivity contribution in [2.75, 3.05) is 11.4 Å². The van der Waals surface area contributed by atoms with Crippen LogP contribution in [0.1, 0.15) is 6.42 Å². The second-order valence-electron chi connectivity index (χ2n) is 4.05. The summed E-state index contributed by atoms with van der Waals surface area (Å²) < 4.78 is 35.2. The van der Waals surface area contributed by atoms with Crippen LogP contribution >= 0.6 is 0 Å². The minimum absolute atomic E-state index is 0.0764. The molecular formula is C10H11FN2O4S. The fourth-order valence-corrected chi connectivity index (χ4v) is 2.58. The number of amides is 1. The Morgan fingerprint density at radius 1 is 1.44 bits per heavy atom. The number of aromatic hydroxyl groups is 1. The van der Waals surface area contributed by atoms with E-state index in [1.165, 1.54) is 6.07 Å². The van der Waals surface area contributed by atoms with Gasteiger partial charge in [0.15, 0.2) is 0 Å². The lowest BCUT2D eigenvalue weighted by Crippen LogP contribution is -2.32. The summed E-state index contributed by atoms with van der Waals surface area (Å²) in [6, 6.07) is 3.15. The molecule has 1 heterocycles. The van der Waals surface area contributed by atoms with Crippen LogP contribution in [0.2, 0.25) is 0 Å². The molecule has 0 aliphatic carbocycles. The summed E-state index contributed by atoms with van der Waals surface area (Å²) in [4.78, 5) is 12.8. The Kier molecular flexibility index (Phi) is 2.99. The average Bonchev–Trinajstić information content (AvgIpc) is 2.60. The molecule has 3 N–H and O–H groups in total. The van der Waals surface area contributed by atoms with E-state index in [1.807, 2.05) is 0 Å². The topological polar surface area (TPSA) is 101 Å². The van der Waals surface area contributed by atoms with Crippen LogP contribution in [-0.2, 0) is 14.8 Å². The van der Waals surface area contributed by atoms with Gasteiger partial charge in [-0.1, -0.05) is 0 Å². The van der Waals surface area contributed by atoms with Crippen molar-refractivity contribution in [2.24, 2.45) is 5.14 Å². The number of hydrogen-bond donors (Lipinski definition) is 2. The summed E-state index contributed by atoms with van der Waals surface area (Å²) in [7, 11) is -3.82. The predicted octanol–water partition coefficient (Wildman–Crippen LogP) is -0.0749. The molecule has 0 saturated carbocycles. The maximum Gasteiger partial charge on any atom is 0.228 e. The standard InChI is InChI=1S/C10H11FN2O4S/c11-6-1-2-8(9(14)3-6)13-5-7(4-10(13)15)18(12,16)17/h1-3,7,14H,4-5H2,(H2,12,16,17). The maximum atomic E-state index is 12.8. The number of benzene rings is 1. The number of anilines is 1. The first-order valence-electron chi connectivity index (χ1n) is 5.09. The zero-order valence-electron chi connectivity index (χ0n) is 9.21. The molecule has 0 aromatic heterocycles. The Morgan fingerprint density at radius 2 is 2.11 bits per heavy atom. The van der Waals surface area contributed by atoms with Gasteiger partial charge in [-0.15, -0.1) is 0 Å². The third-order valence-corrected chi connectivity index (χ3v) is 4.03. The molecule has 1 amide bonds. The largest absolute Gasteiger partial charge is 0.506 e. The molecule has 1 aliphatic heterocycles. The number of sulfonamides is 1. The third kappa shape index (κ3) is 2.29. The first kappa shape index (κ1) is 12.8. The van der Waals surface area contributed by atoms with Gasteiger partial charge >= 0.3 is 0 Å². The summed E-state index contributed by atoms with van der Waals surface area (Å²) in [6.07, 6.45) is -0.240. The maximum absolute atomic E-state index is 12.8. The molecule has 1 atom stereocenters. The summed E-state index contributed by atoms with van der Waals surface area (Å²) in [5.41, 5.74) is 0.0764. The van der Waals surface area contributed by atoms with Gasteiger partial charge in [0.2, 0.25) is 15.9 Å². The fraction of sp³-hybridized carbons (Fsp3) is 0.300. The second-order valence-corrected chi connectivity index (χ2v) is 5.90. The summed E-state index contributed by atoms with van der Waals surface area (Å²) in [6.45, 7) is -0.142. The van der Waals surface area contributed by atoms with Crippen molar-refractivity contribution < 1.29 is 22.7 Å². The van der Waals surface area contributed by atoms with Gasteiger partial charge in [-0.05, 0) is 12.1 Å². The molecule has 18 heavy (non-hydrogen) atoms. The SMILES string of the molecule is NS(=O)(=O)C1CC(=O)N(c2ccc(F)cc2O)C1. The van der Waals surface area contributed by atoms with E-state index in [2.05, 4.69) is 0 Å². The number of primary sulfonamides is 1. The highest BCUT2D eigenvalue weighted by molar-refractivity contribution is 7.89. The molecular weight excluding hydrogens is 263 g/mol. The molecule has 0 radical (unpaired) electrons. The van der Waals surface area contributed by atoms with Crippen molar-refractivity contribution in [3.63, 3.8) is 0 Å². The van der Waals surface area contributed by atoms with E-state index >= 15 is 0 Å². The number of nitrogens with zero attached hydrogens (tertiary/aromatic N) is 1. The molecule has 98 valence electrons. The monoisotopic (exact) mass is 274 g/mol. The number of carbonyl (C=O) groups excluding carboxylic acids is 1. The molecule has 2 rings (SSSR count). The Morgan fingerprint density at radius 3 is 2.61 bits per heavy atom. The van der Waals surface area contributed by atoms with E-state index < -0.39 is 32.7 Å². The van der Waals surface area contributed by atoms with Crippen LogP contribution in [0.25, 0.3) is 0 Å². The van der Waals surface area contributed by atoms with Crippen LogP contribution in [0, 0.1) is 5.82 Å². The van der Waals surface area contributed by atoms with E-state index in [4.69, 9.17) is 5.14 Å². The van der Waals surface area contributed by atoms with Crippen molar-refractivity contribution in [3.8, 4) is 5.75 Å². The van der Waals surface area contributed by atoms with Gasteiger partial charge in [0.25, 0.3) is 0 Å². The van der Waals surface area contributed by atoms with Gasteiger partial charge in [-0.2, -0.15) is 0 Å². The number of nitrogens with two attached hydrogens (primary N) is 1. The van der Waals surface area contributed by atoms with E-state index in [-0.39, 0.29) is 18.7 Å². The Balaban J connectivity index is 2.33. The van der Waals surface area contributed by atoms with Crippen molar-refractivity contribution >= 4 is 21.6 Å². The first-order valence-corrected chi connectivity index (χ1v) is 6.70. The minimum Gasteiger partial charge on any atom is -0.506 e. The van der Waals surface area contributed by atoms with Gasteiger partial charge < -0.3 is 10.0 Å². The number of rotatable bonds is 2. The predicted molar refractivity (Wildman–Crippen MR) is 61.9 cm³/mol. The Labute approximate surface area is 103 Å². The normalized spacial score (nSPS) is 20.4. The average molecular weight is 274 g/mol. The van der Waals surface area contributed by atoms with Gasteiger partial charge in [0, 0.05) is 19.0 Å². The minimum atomic E-state index is -3.82. The number of halogens is 1. The highest BCUT2D eigenvalue weighted by Crippen LogP contribution is 2.32. The molecule has 1 fully saturated rings. The molecule has 0 bridgehead atoms. The Bertz CT molecular complexity index is 602. The van der Waals surface area contributed by atoms with Crippen LogP contribution in [0.3, 0.4) is 0 Å². The Hall–Kier alpha value is -1.67. The van der Waals surface area contributed by atoms with Crippen LogP contribution in [0.15, 0.2) is 18.2 Å². The number of carbonyl (C=O) groups is 1. The molecule has 1 saturated heterocycles. The van der Waals surface area contributed by atoms with Gasteiger partial charge in [0.05, 0.1) is 5.69 Å². The molecule has 1 aliphatic rings. The highest BCUT2D eigenvalue weighted by atomic mass is 32.2. The van der Waals surface area contributed by atoms with Gasteiger partial charge in [-0.3, -0.25) is 4.79 Å². The fourth-order valence-electron chi connectivity index (χ4n) is 1.85. The van der Waals surface area contributed by atoms with Crippen molar-refractivity contribution in [3.05, 3.63) is 24.0 Å². The van der Waals surface area contributed by atoms with Crippen LogP contribution in [-0.4, -0.2) is 31.2 Å². The lowest BCUT2D eigenvalue weighted by molar-refractivity contribution is -0.117. The highest BCUT2D eigenvalue weighted by Gasteiger charge is 2.38. The quantitative estimate of drug-likeness (QED) is 0.788. The molecule has 0 spiro atoms. The van der Waals surface area contributed by atoms with E-state index in [1.54, 1.807) is 0 Å². The lowest BCUT2D eigenvalue weighted by atomic mass is 10.2. The number of phenols is 1. The van der Waals surface area contributed by atoms with Crippen molar-refractivity contribution in [1.82, 2.24) is 0 Å². The molecule has 1 unspecified atom stereocenters. The third-order valence-electron chi connectivity index (χ3n) is 2.78. The smallest absolute Gasteiger partial charge is 0.228 e.